The quantitative estimate of drug-likeness (QED) is 0.373. The van der Waals surface area contributed by atoms with E-state index in [1.165, 1.54) is 5.56 Å². The van der Waals surface area contributed by atoms with Crippen molar-refractivity contribution in [3.8, 4) is 17.2 Å². The lowest BCUT2D eigenvalue weighted by atomic mass is 10.1. The topological polar surface area (TPSA) is 69.2 Å². The van der Waals surface area contributed by atoms with Crippen molar-refractivity contribution in [3.05, 3.63) is 89.0 Å². The number of ether oxygens (including phenoxy) is 3. The van der Waals surface area contributed by atoms with Gasteiger partial charge in [-0.3, -0.25) is 4.79 Å². The molecule has 0 aliphatic rings. The van der Waals surface area contributed by atoms with Crippen LogP contribution in [0.3, 0.4) is 0 Å². The van der Waals surface area contributed by atoms with E-state index in [2.05, 4.69) is 29.6 Å². The zero-order chi connectivity index (χ0) is 22.8. The van der Waals surface area contributed by atoms with Gasteiger partial charge in [-0.15, -0.1) is 0 Å². The number of hydrogen-bond donors (Lipinski definition) is 1. The summed E-state index contributed by atoms with van der Waals surface area (Å²) < 4.78 is 16.7. The number of amides is 1. The molecular weight excluding hydrogens is 404 g/mol. The van der Waals surface area contributed by atoms with E-state index in [0.29, 0.717) is 24.7 Å². The molecule has 3 aromatic carbocycles. The summed E-state index contributed by atoms with van der Waals surface area (Å²) in [5.41, 5.74) is 6.51. The predicted molar refractivity (Wildman–Crippen MR) is 126 cm³/mol. The molecule has 0 saturated carbocycles. The molecule has 1 N–H and O–H groups in total. The number of carbonyl (C=O) groups is 1. The summed E-state index contributed by atoms with van der Waals surface area (Å²) in [5.74, 6) is 1.83. The molecule has 0 atom stereocenters. The monoisotopic (exact) mass is 432 g/mol. The van der Waals surface area contributed by atoms with Crippen LogP contribution in [0.1, 0.15) is 29.2 Å². The molecule has 3 aromatic rings. The zero-order valence-electron chi connectivity index (χ0n) is 18.6. The molecule has 6 nitrogen and oxygen atoms in total. The van der Waals surface area contributed by atoms with E-state index in [9.17, 15) is 4.79 Å². The van der Waals surface area contributed by atoms with Crippen LogP contribution in [0.5, 0.6) is 17.2 Å². The minimum atomic E-state index is -0.199. The molecule has 3 rings (SSSR count). The maximum absolute atomic E-state index is 12.1. The van der Waals surface area contributed by atoms with Crippen LogP contribution in [-0.4, -0.2) is 25.8 Å². The lowest BCUT2D eigenvalue weighted by Crippen LogP contribution is -2.19. The number of hydrogen-bond acceptors (Lipinski definition) is 5. The van der Waals surface area contributed by atoms with E-state index in [-0.39, 0.29) is 12.3 Å². The highest BCUT2D eigenvalue weighted by molar-refractivity contribution is 5.84. The second-order valence-corrected chi connectivity index (χ2v) is 7.23. The molecule has 0 saturated heterocycles. The summed E-state index contributed by atoms with van der Waals surface area (Å²) in [6.07, 6.45) is 1.81. The van der Waals surface area contributed by atoms with Crippen LogP contribution in [0.25, 0.3) is 0 Å². The Morgan fingerprint density at radius 1 is 0.938 bits per heavy atom. The van der Waals surface area contributed by atoms with Gasteiger partial charge < -0.3 is 14.2 Å². The number of nitrogens with one attached hydrogen (secondary N) is 1. The molecule has 0 spiro atoms. The first-order valence-corrected chi connectivity index (χ1v) is 10.5. The smallest absolute Gasteiger partial charge is 0.244 e. The molecule has 0 fully saturated rings. The lowest BCUT2D eigenvalue weighted by molar-refractivity contribution is -0.120. The highest BCUT2D eigenvalue weighted by Gasteiger charge is 2.06. The Balaban J connectivity index is 1.53. The number of nitrogens with zero attached hydrogens (tertiary/aromatic N) is 1. The van der Waals surface area contributed by atoms with Crippen molar-refractivity contribution < 1.29 is 19.0 Å². The van der Waals surface area contributed by atoms with Gasteiger partial charge in [0, 0.05) is 0 Å². The Morgan fingerprint density at radius 3 is 2.34 bits per heavy atom. The van der Waals surface area contributed by atoms with Gasteiger partial charge in [0.15, 0.2) is 11.5 Å². The SMILES string of the molecule is CCOc1ccc(CC(=O)N/N=C\c2ccc(OCc3ccc(C)cc3)c(OC)c2)cc1. The van der Waals surface area contributed by atoms with Crippen LogP contribution in [0.15, 0.2) is 71.8 Å². The van der Waals surface area contributed by atoms with Gasteiger partial charge in [-0.1, -0.05) is 42.0 Å². The molecule has 0 aliphatic heterocycles. The highest BCUT2D eigenvalue weighted by Crippen LogP contribution is 2.28. The van der Waals surface area contributed by atoms with Gasteiger partial charge in [0.25, 0.3) is 0 Å². The van der Waals surface area contributed by atoms with E-state index < -0.39 is 0 Å². The summed E-state index contributed by atoms with van der Waals surface area (Å²) >= 11 is 0. The summed E-state index contributed by atoms with van der Waals surface area (Å²) in [6, 6.07) is 21.1. The van der Waals surface area contributed by atoms with E-state index >= 15 is 0 Å². The first kappa shape index (κ1) is 22.9. The Bertz CT molecular complexity index is 1040. The molecule has 6 heteroatoms. The van der Waals surface area contributed by atoms with Crippen LogP contribution in [-0.2, 0) is 17.8 Å². The Morgan fingerprint density at radius 2 is 1.66 bits per heavy atom. The van der Waals surface area contributed by atoms with Crippen molar-refractivity contribution >= 4 is 12.1 Å². The molecule has 32 heavy (non-hydrogen) atoms. The largest absolute Gasteiger partial charge is 0.494 e. The third-order valence-electron chi connectivity index (χ3n) is 4.70. The van der Waals surface area contributed by atoms with Crippen molar-refractivity contribution in [3.63, 3.8) is 0 Å². The van der Waals surface area contributed by atoms with Gasteiger partial charge in [-0.05, 0) is 60.9 Å². The Hall–Kier alpha value is -3.80. The maximum Gasteiger partial charge on any atom is 0.244 e. The first-order chi connectivity index (χ1) is 15.6. The molecular formula is C26H28N2O4. The maximum atomic E-state index is 12.1. The number of methoxy groups -OCH3 is 1. The molecule has 0 aliphatic carbocycles. The zero-order valence-corrected chi connectivity index (χ0v) is 18.6. The number of benzene rings is 3. The molecule has 0 aromatic heterocycles. The summed E-state index contributed by atoms with van der Waals surface area (Å²) in [4.78, 5) is 12.1. The van der Waals surface area contributed by atoms with Gasteiger partial charge in [0.1, 0.15) is 12.4 Å². The van der Waals surface area contributed by atoms with Crippen molar-refractivity contribution in [2.24, 2.45) is 5.10 Å². The van der Waals surface area contributed by atoms with Crippen LogP contribution in [0, 0.1) is 6.92 Å². The average Bonchev–Trinajstić information content (AvgIpc) is 2.80. The molecule has 0 heterocycles. The Labute approximate surface area is 188 Å². The molecule has 0 bridgehead atoms. The lowest BCUT2D eigenvalue weighted by Gasteiger charge is -2.11. The number of rotatable bonds is 10. The second-order valence-electron chi connectivity index (χ2n) is 7.23. The molecule has 1 amide bonds. The third-order valence-corrected chi connectivity index (χ3v) is 4.70. The van der Waals surface area contributed by atoms with E-state index in [0.717, 1.165) is 22.4 Å². The standard InChI is InChI=1S/C26H28N2O4/c1-4-31-23-12-9-20(10-13-23)16-26(29)28-27-17-22-11-14-24(25(15-22)30-3)32-18-21-7-5-19(2)6-8-21/h5-15,17H,4,16,18H2,1-3H3,(H,28,29)/b27-17-. The second kappa shape index (κ2) is 11.6. The molecule has 0 unspecified atom stereocenters. The van der Waals surface area contributed by atoms with Crippen LogP contribution >= 0.6 is 0 Å². The van der Waals surface area contributed by atoms with Gasteiger partial charge in [-0.2, -0.15) is 5.10 Å². The van der Waals surface area contributed by atoms with Crippen molar-refractivity contribution in [2.45, 2.75) is 26.9 Å². The number of aryl methyl sites for hydroxylation is 1. The first-order valence-electron chi connectivity index (χ1n) is 10.5. The van der Waals surface area contributed by atoms with Crippen molar-refractivity contribution in [1.82, 2.24) is 5.43 Å². The van der Waals surface area contributed by atoms with Crippen LogP contribution in [0.2, 0.25) is 0 Å². The van der Waals surface area contributed by atoms with E-state index in [4.69, 9.17) is 14.2 Å². The summed E-state index contributed by atoms with van der Waals surface area (Å²) in [6.45, 7) is 5.04. The van der Waals surface area contributed by atoms with Gasteiger partial charge in [-0.25, -0.2) is 5.43 Å². The number of hydrazone groups is 1. The van der Waals surface area contributed by atoms with Gasteiger partial charge in [0.05, 0.1) is 26.4 Å². The van der Waals surface area contributed by atoms with Gasteiger partial charge >= 0.3 is 0 Å². The summed E-state index contributed by atoms with van der Waals surface area (Å²) in [7, 11) is 1.59. The summed E-state index contributed by atoms with van der Waals surface area (Å²) in [5, 5.41) is 4.05. The van der Waals surface area contributed by atoms with Gasteiger partial charge in [0.2, 0.25) is 5.91 Å². The third kappa shape index (κ3) is 6.87. The normalized spacial score (nSPS) is 10.7. The highest BCUT2D eigenvalue weighted by atomic mass is 16.5. The molecule has 0 radical (unpaired) electrons. The minimum absolute atomic E-state index is 0.199. The predicted octanol–water partition coefficient (Wildman–Crippen LogP) is 4.67. The van der Waals surface area contributed by atoms with Crippen molar-refractivity contribution in [2.75, 3.05) is 13.7 Å². The number of carbonyl (C=O) groups excluding carboxylic acids is 1. The van der Waals surface area contributed by atoms with Crippen LogP contribution in [0.4, 0.5) is 0 Å². The fourth-order valence-corrected chi connectivity index (χ4v) is 3.00. The minimum Gasteiger partial charge on any atom is -0.494 e. The van der Waals surface area contributed by atoms with Crippen LogP contribution < -0.4 is 19.6 Å². The Kier molecular flexibility index (Phi) is 8.26. The van der Waals surface area contributed by atoms with E-state index in [1.54, 1.807) is 13.3 Å². The fraction of sp³-hybridized carbons (Fsp3) is 0.231. The fourth-order valence-electron chi connectivity index (χ4n) is 3.00. The molecule has 166 valence electrons. The van der Waals surface area contributed by atoms with E-state index in [1.807, 2.05) is 61.5 Å². The van der Waals surface area contributed by atoms with Crippen molar-refractivity contribution in [1.29, 1.82) is 0 Å². The average molecular weight is 433 g/mol.